The number of ether oxygens (including phenoxy) is 1. The second kappa shape index (κ2) is 7.66. The molecule has 1 N–H and O–H groups in total. The molecule has 2 aromatic heterocycles. The van der Waals surface area contributed by atoms with Gasteiger partial charge in [-0.05, 0) is 31.4 Å². The summed E-state index contributed by atoms with van der Waals surface area (Å²) in [6.07, 6.45) is -1.29. The molecule has 0 saturated carbocycles. The molecule has 1 amide bonds. The van der Waals surface area contributed by atoms with Gasteiger partial charge in [0.1, 0.15) is 0 Å². The molecule has 0 aromatic carbocycles. The summed E-state index contributed by atoms with van der Waals surface area (Å²) in [5, 5.41) is 14.0. The number of alkyl halides is 3. The van der Waals surface area contributed by atoms with Crippen molar-refractivity contribution in [2.75, 3.05) is 20.2 Å². The molecule has 0 aliphatic carbocycles. The highest BCUT2D eigenvalue weighted by Crippen LogP contribution is 2.37. The van der Waals surface area contributed by atoms with Crippen LogP contribution in [0.1, 0.15) is 31.9 Å². The third-order valence-electron chi connectivity index (χ3n) is 5.39. The van der Waals surface area contributed by atoms with Crippen molar-refractivity contribution in [3.63, 3.8) is 0 Å². The lowest BCUT2D eigenvalue weighted by Crippen LogP contribution is -2.58. The maximum atomic E-state index is 13.0. The van der Waals surface area contributed by atoms with Crippen LogP contribution in [0.15, 0.2) is 30.6 Å². The average molecular weight is 412 g/mol. The fourth-order valence-corrected chi connectivity index (χ4v) is 3.63. The number of amides is 1. The normalized spacial score (nSPS) is 22.2. The highest BCUT2D eigenvalue weighted by Gasteiger charge is 2.57. The Bertz CT molecular complexity index is 864. The third-order valence-corrected chi connectivity index (χ3v) is 5.39. The van der Waals surface area contributed by atoms with Crippen molar-refractivity contribution in [1.82, 2.24) is 19.7 Å². The fourth-order valence-electron chi connectivity index (χ4n) is 3.63. The molecule has 3 heterocycles. The molecule has 10 heteroatoms. The van der Waals surface area contributed by atoms with Crippen molar-refractivity contribution in [1.29, 1.82) is 0 Å². The smallest absolute Gasteiger partial charge is 0.426 e. The highest BCUT2D eigenvalue weighted by molar-refractivity contribution is 5.85. The monoisotopic (exact) mass is 412 g/mol. The van der Waals surface area contributed by atoms with Crippen LogP contribution in [0.4, 0.5) is 13.2 Å². The molecule has 2 aromatic rings. The molecule has 1 saturated heterocycles. The van der Waals surface area contributed by atoms with Crippen LogP contribution in [-0.4, -0.2) is 62.7 Å². The summed E-state index contributed by atoms with van der Waals surface area (Å²) in [4.78, 5) is 17.5. The average Bonchev–Trinajstić information content (AvgIpc) is 3.16. The number of rotatable bonds is 4. The summed E-state index contributed by atoms with van der Waals surface area (Å²) in [5.74, 6) is -0.986. The first-order chi connectivity index (χ1) is 13.6. The summed E-state index contributed by atoms with van der Waals surface area (Å²) in [6.45, 7) is 2.60. The Morgan fingerprint density at radius 2 is 2.03 bits per heavy atom. The molecule has 1 aliphatic rings. The van der Waals surface area contributed by atoms with Crippen LogP contribution >= 0.6 is 0 Å². The number of aromatic nitrogens is 3. The predicted molar refractivity (Wildman–Crippen MR) is 97.7 cm³/mol. The van der Waals surface area contributed by atoms with E-state index in [-0.39, 0.29) is 24.9 Å². The van der Waals surface area contributed by atoms with Crippen molar-refractivity contribution >= 4 is 5.91 Å². The molecule has 7 nitrogen and oxygen atoms in total. The van der Waals surface area contributed by atoms with Crippen LogP contribution in [0, 0.1) is 5.92 Å². The Hall–Kier alpha value is -2.62. The number of hydrogen-bond donors (Lipinski definition) is 1. The summed E-state index contributed by atoms with van der Waals surface area (Å²) in [6, 6.07) is 5.38. The van der Waals surface area contributed by atoms with Crippen molar-refractivity contribution in [3.8, 4) is 11.6 Å². The largest absolute Gasteiger partial charge is 0.481 e. The number of carbonyl (C=O) groups excluding carboxylic acids is 1. The molecule has 0 radical (unpaired) electrons. The van der Waals surface area contributed by atoms with Gasteiger partial charge in [0.05, 0.1) is 19.0 Å². The molecule has 3 atom stereocenters. The van der Waals surface area contributed by atoms with Crippen LogP contribution in [-0.2, 0) is 4.79 Å². The molecule has 0 spiro atoms. The van der Waals surface area contributed by atoms with E-state index in [1.165, 1.54) is 7.11 Å². The lowest BCUT2D eigenvalue weighted by atomic mass is 9.83. The van der Waals surface area contributed by atoms with Crippen molar-refractivity contribution in [2.45, 2.75) is 38.0 Å². The molecule has 3 rings (SSSR count). The fraction of sp³-hybridized carbons (Fsp3) is 0.526. The Morgan fingerprint density at radius 1 is 1.31 bits per heavy atom. The molecule has 0 bridgehead atoms. The summed E-state index contributed by atoms with van der Waals surface area (Å²) >= 11 is 0. The Labute approximate surface area is 166 Å². The lowest BCUT2D eigenvalue weighted by molar-refractivity contribution is -0.250. The Morgan fingerprint density at radius 3 is 2.59 bits per heavy atom. The zero-order chi connectivity index (χ0) is 21.4. The maximum Gasteiger partial charge on any atom is 0.426 e. The summed E-state index contributed by atoms with van der Waals surface area (Å²) in [5.41, 5.74) is -1.77. The van der Waals surface area contributed by atoms with Crippen molar-refractivity contribution in [3.05, 3.63) is 36.3 Å². The van der Waals surface area contributed by atoms with E-state index in [1.807, 2.05) is 19.1 Å². The predicted octanol–water partition coefficient (Wildman–Crippen LogP) is 2.54. The van der Waals surface area contributed by atoms with E-state index in [4.69, 9.17) is 4.74 Å². The van der Waals surface area contributed by atoms with E-state index < -0.39 is 17.7 Å². The van der Waals surface area contributed by atoms with Gasteiger partial charge in [-0.25, -0.2) is 9.67 Å². The minimum absolute atomic E-state index is 0.0144. The number of aliphatic hydroxyl groups is 1. The van der Waals surface area contributed by atoms with Gasteiger partial charge in [-0.15, -0.1) is 0 Å². The van der Waals surface area contributed by atoms with E-state index in [0.717, 1.165) is 16.3 Å². The number of methoxy groups -OCH3 is 1. The van der Waals surface area contributed by atoms with Crippen molar-refractivity contribution < 1.29 is 27.8 Å². The van der Waals surface area contributed by atoms with Crippen LogP contribution in [0.25, 0.3) is 5.69 Å². The molecular formula is C19H23F3N4O3. The molecule has 1 unspecified atom stereocenters. The third kappa shape index (κ3) is 3.93. The van der Waals surface area contributed by atoms with Gasteiger partial charge in [0.2, 0.25) is 11.5 Å². The minimum Gasteiger partial charge on any atom is -0.481 e. The lowest BCUT2D eigenvalue weighted by Gasteiger charge is -2.40. The number of likely N-dealkylation sites (tertiary alicyclic amines) is 1. The van der Waals surface area contributed by atoms with E-state index in [1.54, 1.807) is 23.1 Å². The zero-order valence-corrected chi connectivity index (χ0v) is 16.3. The molecule has 158 valence electrons. The Balaban J connectivity index is 1.77. The highest BCUT2D eigenvalue weighted by atomic mass is 19.4. The number of pyridine rings is 1. The van der Waals surface area contributed by atoms with Gasteiger partial charge in [0.15, 0.2) is 0 Å². The second-order valence-corrected chi connectivity index (χ2v) is 7.42. The van der Waals surface area contributed by atoms with Crippen molar-refractivity contribution in [2.24, 2.45) is 5.92 Å². The molecule has 1 fully saturated rings. The second-order valence-electron chi connectivity index (χ2n) is 7.42. The van der Waals surface area contributed by atoms with Gasteiger partial charge in [-0.1, -0.05) is 6.92 Å². The van der Waals surface area contributed by atoms with E-state index in [0.29, 0.717) is 19.2 Å². The van der Waals surface area contributed by atoms with Gasteiger partial charge in [-0.3, -0.25) is 4.79 Å². The zero-order valence-electron chi connectivity index (χ0n) is 16.3. The molecule has 1 aliphatic heterocycles. The van der Waals surface area contributed by atoms with E-state index in [9.17, 15) is 23.1 Å². The van der Waals surface area contributed by atoms with Crippen LogP contribution in [0.3, 0.4) is 0 Å². The number of nitrogens with zero attached hydrogens (tertiary/aromatic N) is 4. The first-order valence-corrected chi connectivity index (χ1v) is 9.19. The summed E-state index contributed by atoms with van der Waals surface area (Å²) in [7, 11) is 1.52. The topological polar surface area (TPSA) is 80.5 Å². The standard InChI is InChI=1S/C19H23F3N4O3/c1-12-11-25(17(27)18(2,28)19(20,21)22)9-7-14(12)15-6-8-24-26(15)13-4-5-16(29-3)23-10-13/h4-6,8,10,12,14,28H,7,9,11H2,1-3H3/t12-,14+,18?/m1/s1. The van der Waals surface area contributed by atoms with Gasteiger partial charge in [0, 0.05) is 37.0 Å². The number of piperidine rings is 1. The maximum absolute atomic E-state index is 13.0. The van der Waals surface area contributed by atoms with Crippen LogP contribution in [0.2, 0.25) is 0 Å². The van der Waals surface area contributed by atoms with Crippen LogP contribution in [0.5, 0.6) is 5.88 Å². The first kappa shape index (κ1) is 21.1. The van der Waals surface area contributed by atoms with E-state index >= 15 is 0 Å². The number of hydrogen-bond acceptors (Lipinski definition) is 5. The summed E-state index contributed by atoms with van der Waals surface area (Å²) < 4.78 is 45.8. The van der Waals surface area contributed by atoms with Gasteiger partial charge < -0.3 is 14.7 Å². The van der Waals surface area contributed by atoms with Crippen LogP contribution < -0.4 is 4.74 Å². The quantitative estimate of drug-likeness (QED) is 0.835. The molecule has 29 heavy (non-hydrogen) atoms. The van der Waals surface area contributed by atoms with Gasteiger partial charge >= 0.3 is 6.18 Å². The minimum atomic E-state index is -5.02. The molecular weight excluding hydrogens is 389 g/mol. The Kier molecular flexibility index (Phi) is 5.57. The van der Waals surface area contributed by atoms with Gasteiger partial charge in [0.25, 0.3) is 5.91 Å². The number of halogens is 3. The van der Waals surface area contributed by atoms with E-state index in [2.05, 4.69) is 10.1 Å². The first-order valence-electron chi connectivity index (χ1n) is 9.19. The number of carbonyl (C=O) groups is 1. The van der Waals surface area contributed by atoms with Gasteiger partial charge in [-0.2, -0.15) is 18.3 Å². The SMILES string of the molecule is COc1ccc(-n2nccc2[C@H]2CCN(C(=O)C(C)(O)C(F)(F)F)C[C@H]2C)cn1.